The molecule has 1 saturated carbocycles. The first-order valence-electron chi connectivity index (χ1n) is 8.84. The van der Waals surface area contributed by atoms with Crippen molar-refractivity contribution >= 4 is 32.0 Å². The van der Waals surface area contributed by atoms with Crippen LogP contribution in [0.1, 0.15) is 37.2 Å². The van der Waals surface area contributed by atoms with E-state index in [1.165, 1.54) is 5.56 Å². The maximum absolute atomic E-state index is 12.7. The van der Waals surface area contributed by atoms with Crippen LogP contribution in [0.4, 0.5) is 0 Å². The predicted octanol–water partition coefficient (Wildman–Crippen LogP) is 2.78. The molecule has 1 atom stereocenters. The van der Waals surface area contributed by atoms with Crippen molar-refractivity contribution in [1.29, 1.82) is 0 Å². The molecule has 0 radical (unpaired) electrons. The summed E-state index contributed by atoms with van der Waals surface area (Å²) in [4.78, 5) is 12.0. The number of H-pyrrole nitrogens is 1. The number of nitrogens with one attached hydrogen (secondary N) is 1. The third-order valence-corrected chi connectivity index (χ3v) is 7.82. The molecule has 7 heteroatoms. The molecule has 0 spiro atoms. The van der Waals surface area contributed by atoms with Gasteiger partial charge in [-0.15, -0.1) is 0 Å². The van der Waals surface area contributed by atoms with Gasteiger partial charge in [0.25, 0.3) is 0 Å². The minimum absolute atomic E-state index is 0.137. The second-order valence-electron chi connectivity index (χ2n) is 7.10. The molecule has 1 N–H and O–H groups in total. The first-order chi connectivity index (χ1) is 12.1. The minimum Gasteiger partial charge on any atom is -0.360 e. The normalized spacial score (nSPS) is 22.6. The Balaban J connectivity index is 1.59. The fraction of sp³-hybridized carbons (Fsp3) is 0.444. The van der Waals surface area contributed by atoms with E-state index in [1.807, 2.05) is 18.5 Å². The van der Waals surface area contributed by atoms with Crippen molar-refractivity contribution in [3.63, 3.8) is 0 Å². The Morgan fingerprint density at radius 2 is 2.04 bits per heavy atom. The van der Waals surface area contributed by atoms with E-state index in [1.54, 1.807) is 10.5 Å². The van der Waals surface area contributed by atoms with Gasteiger partial charge in [-0.25, -0.2) is 22.7 Å². The van der Waals surface area contributed by atoms with Gasteiger partial charge in [0.1, 0.15) is 0 Å². The molecule has 4 heterocycles. The van der Waals surface area contributed by atoms with E-state index in [2.05, 4.69) is 21.0 Å². The molecule has 1 saturated heterocycles. The lowest BCUT2D eigenvalue weighted by atomic mass is 9.89. The van der Waals surface area contributed by atoms with Crippen molar-refractivity contribution in [2.45, 2.75) is 36.9 Å². The number of nitrogens with zero attached hydrogens (tertiary/aromatic N) is 3. The van der Waals surface area contributed by atoms with E-state index in [0.29, 0.717) is 13.1 Å². The molecule has 1 aliphatic heterocycles. The summed E-state index contributed by atoms with van der Waals surface area (Å²) in [5.74, 6) is 0.208. The Kier molecular flexibility index (Phi) is 3.36. The van der Waals surface area contributed by atoms with Gasteiger partial charge in [0.05, 0.1) is 17.0 Å². The third kappa shape index (κ3) is 2.45. The van der Waals surface area contributed by atoms with Crippen molar-refractivity contribution in [3.8, 4) is 0 Å². The summed E-state index contributed by atoms with van der Waals surface area (Å²) in [5, 5.41) is 2.02. The number of hydrogen-bond donors (Lipinski definition) is 1. The van der Waals surface area contributed by atoms with E-state index < -0.39 is 10.0 Å². The molecule has 2 aliphatic rings. The van der Waals surface area contributed by atoms with Crippen LogP contribution in [0.25, 0.3) is 21.9 Å². The van der Waals surface area contributed by atoms with Crippen LogP contribution >= 0.6 is 0 Å². The van der Waals surface area contributed by atoms with Gasteiger partial charge < -0.3 is 4.98 Å². The molecular weight excluding hydrogens is 336 g/mol. The van der Waals surface area contributed by atoms with Crippen LogP contribution < -0.4 is 0 Å². The SMILES string of the molecule is O=S(=O)(C1CC1)N1CCCC(c2cc[nH]c3cnc4nccc4c23)C1. The highest BCUT2D eigenvalue weighted by Gasteiger charge is 2.41. The lowest BCUT2D eigenvalue weighted by molar-refractivity contribution is 0.316. The number of aromatic amines is 1. The van der Waals surface area contributed by atoms with Gasteiger partial charge in [-0.1, -0.05) is 0 Å². The van der Waals surface area contributed by atoms with E-state index in [9.17, 15) is 8.42 Å². The molecular formula is C18H20N4O2S. The lowest BCUT2D eigenvalue weighted by Gasteiger charge is -2.32. The quantitative estimate of drug-likeness (QED) is 0.783. The van der Waals surface area contributed by atoms with Crippen LogP contribution in [0.3, 0.4) is 0 Å². The second-order valence-corrected chi connectivity index (χ2v) is 9.32. The Hall–Kier alpha value is -1.99. The highest BCUT2D eigenvalue weighted by molar-refractivity contribution is 7.90. The summed E-state index contributed by atoms with van der Waals surface area (Å²) in [7, 11) is -3.11. The highest BCUT2D eigenvalue weighted by atomic mass is 32.2. The standard InChI is InChI=1S/C18H20N4O2S/c23-25(24,13-3-4-13)22-9-1-2-12(11-22)14-5-7-19-16-10-21-18-15(17(14)16)6-8-20-18/h5-8,10,12-13,19H,1-4,9,11H2. The maximum atomic E-state index is 12.7. The van der Waals surface area contributed by atoms with Crippen LogP contribution in [0.5, 0.6) is 0 Å². The van der Waals surface area contributed by atoms with Crippen molar-refractivity contribution in [3.05, 3.63) is 36.3 Å². The molecule has 3 aromatic heterocycles. The Morgan fingerprint density at radius 3 is 2.88 bits per heavy atom. The molecule has 1 unspecified atom stereocenters. The van der Waals surface area contributed by atoms with Gasteiger partial charge in [-0.05, 0) is 49.3 Å². The average molecular weight is 356 g/mol. The summed E-state index contributed by atoms with van der Waals surface area (Å²) < 4.78 is 27.0. The van der Waals surface area contributed by atoms with Crippen molar-refractivity contribution in [1.82, 2.24) is 19.3 Å². The average Bonchev–Trinajstić information content (AvgIpc) is 3.39. The van der Waals surface area contributed by atoms with Crippen LogP contribution in [0.2, 0.25) is 0 Å². The number of rotatable bonds is 3. The van der Waals surface area contributed by atoms with Crippen LogP contribution in [0.15, 0.2) is 30.7 Å². The van der Waals surface area contributed by atoms with Gasteiger partial charge in [0.15, 0.2) is 5.65 Å². The fourth-order valence-electron chi connectivity index (χ4n) is 4.03. The molecule has 1 aliphatic carbocycles. The number of pyridine rings is 2. The number of aromatic nitrogens is 3. The molecule has 0 amide bonds. The zero-order chi connectivity index (χ0) is 17.0. The molecule has 5 rings (SSSR count). The van der Waals surface area contributed by atoms with Crippen molar-refractivity contribution in [2.75, 3.05) is 13.1 Å². The van der Waals surface area contributed by atoms with E-state index in [-0.39, 0.29) is 11.2 Å². The zero-order valence-electron chi connectivity index (χ0n) is 13.9. The van der Waals surface area contributed by atoms with Crippen molar-refractivity contribution in [2.24, 2.45) is 0 Å². The van der Waals surface area contributed by atoms with Gasteiger partial charge in [0.2, 0.25) is 10.0 Å². The maximum Gasteiger partial charge on any atom is 0.217 e. The number of hydrogen-bond acceptors (Lipinski definition) is 4. The molecule has 0 aromatic carbocycles. The minimum atomic E-state index is -3.11. The smallest absolute Gasteiger partial charge is 0.217 e. The first-order valence-corrected chi connectivity index (χ1v) is 10.3. The molecule has 6 nitrogen and oxygen atoms in total. The molecule has 25 heavy (non-hydrogen) atoms. The third-order valence-electron chi connectivity index (χ3n) is 5.45. The summed E-state index contributed by atoms with van der Waals surface area (Å²) in [6.07, 6.45) is 9.07. The second kappa shape index (κ2) is 5.51. The molecule has 130 valence electrons. The predicted molar refractivity (Wildman–Crippen MR) is 96.9 cm³/mol. The summed E-state index contributed by atoms with van der Waals surface area (Å²) in [6, 6.07) is 4.08. The Labute approximate surface area is 146 Å². The largest absolute Gasteiger partial charge is 0.360 e. The summed E-state index contributed by atoms with van der Waals surface area (Å²) in [6.45, 7) is 1.23. The number of piperidine rings is 1. The van der Waals surface area contributed by atoms with Crippen LogP contribution in [0, 0.1) is 0 Å². The van der Waals surface area contributed by atoms with Gasteiger partial charge in [0, 0.05) is 36.3 Å². The van der Waals surface area contributed by atoms with Crippen LogP contribution in [-0.4, -0.2) is 46.0 Å². The summed E-state index contributed by atoms with van der Waals surface area (Å²) in [5.41, 5.74) is 2.91. The van der Waals surface area contributed by atoms with Gasteiger partial charge >= 0.3 is 0 Å². The van der Waals surface area contributed by atoms with Crippen molar-refractivity contribution < 1.29 is 8.42 Å². The van der Waals surface area contributed by atoms with E-state index in [0.717, 1.165) is 47.6 Å². The Bertz CT molecular complexity index is 1060. The van der Waals surface area contributed by atoms with Gasteiger partial charge in [-0.3, -0.25) is 0 Å². The zero-order valence-corrected chi connectivity index (χ0v) is 14.7. The van der Waals surface area contributed by atoms with Crippen LogP contribution in [-0.2, 0) is 10.0 Å². The summed E-state index contributed by atoms with van der Waals surface area (Å²) >= 11 is 0. The monoisotopic (exact) mass is 356 g/mol. The number of sulfonamides is 1. The van der Waals surface area contributed by atoms with E-state index in [4.69, 9.17) is 0 Å². The Morgan fingerprint density at radius 1 is 1.16 bits per heavy atom. The topological polar surface area (TPSA) is 79.0 Å². The molecule has 3 aromatic rings. The molecule has 2 fully saturated rings. The molecule has 0 bridgehead atoms. The highest BCUT2D eigenvalue weighted by Crippen LogP contribution is 2.38. The fourth-order valence-corrected chi connectivity index (χ4v) is 5.95. The van der Waals surface area contributed by atoms with Gasteiger partial charge in [-0.2, -0.15) is 0 Å². The van der Waals surface area contributed by atoms with E-state index >= 15 is 0 Å². The number of fused-ring (bicyclic) bond motifs is 3. The first kappa shape index (κ1) is 15.3. The lowest BCUT2D eigenvalue weighted by Crippen LogP contribution is -2.40.